The van der Waals surface area contributed by atoms with Gasteiger partial charge in [-0.15, -0.1) is 0 Å². The second-order valence-electron chi connectivity index (χ2n) is 6.67. The van der Waals surface area contributed by atoms with Crippen molar-refractivity contribution in [1.82, 2.24) is 13.9 Å². The van der Waals surface area contributed by atoms with Gasteiger partial charge in [-0.2, -0.15) is 28.8 Å². The third kappa shape index (κ3) is 4.58. The summed E-state index contributed by atoms with van der Waals surface area (Å²) in [6, 6.07) is 0. The predicted molar refractivity (Wildman–Crippen MR) is 89.9 cm³/mol. The fourth-order valence-electron chi connectivity index (χ4n) is 3.03. The summed E-state index contributed by atoms with van der Waals surface area (Å²) in [4.78, 5) is 0. The summed E-state index contributed by atoms with van der Waals surface area (Å²) in [5.41, 5.74) is 0. The van der Waals surface area contributed by atoms with E-state index in [4.69, 9.17) is 0 Å². The molecule has 5 nitrogen and oxygen atoms in total. The van der Waals surface area contributed by atoms with Crippen LogP contribution in [-0.2, 0) is 10.2 Å². The molecule has 21 heavy (non-hydrogen) atoms. The minimum atomic E-state index is -3.26. The van der Waals surface area contributed by atoms with E-state index in [1.807, 2.05) is 18.8 Å². The molecule has 0 atom stereocenters. The maximum Gasteiger partial charge on any atom is 0.282 e. The molecular weight excluding hydrogens is 306 g/mol. The van der Waals surface area contributed by atoms with Crippen molar-refractivity contribution in [3.63, 3.8) is 0 Å². The first-order chi connectivity index (χ1) is 9.85. The molecule has 0 aliphatic carbocycles. The van der Waals surface area contributed by atoms with E-state index in [-0.39, 0.29) is 4.75 Å². The Kier molecular flexibility index (Phi) is 5.99. The van der Waals surface area contributed by atoms with E-state index in [0.29, 0.717) is 32.1 Å². The number of nitrogens with one attached hydrogen (secondary N) is 1. The summed E-state index contributed by atoms with van der Waals surface area (Å²) in [5.74, 6) is 1.50. The Labute approximate surface area is 134 Å². The Morgan fingerprint density at radius 3 is 2.38 bits per heavy atom. The van der Waals surface area contributed by atoms with Crippen molar-refractivity contribution in [2.75, 3.05) is 45.5 Å². The molecule has 0 aromatic carbocycles. The number of hydrogen-bond donors (Lipinski definition) is 1. The molecule has 7 heteroatoms. The van der Waals surface area contributed by atoms with Gasteiger partial charge < -0.3 is 5.32 Å². The van der Waals surface area contributed by atoms with Crippen LogP contribution < -0.4 is 5.32 Å². The number of nitrogens with zero attached hydrogens (tertiary/aromatic N) is 2. The second-order valence-corrected chi connectivity index (χ2v) is 10.4. The molecule has 2 heterocycles. The zero-order chi connectivity index (χ0) is 15.5. The van der Waals surface area contributed by atoms with Crippen LogP contribution in [0.1, 0.15) is 33.1 Å². The summed E-state index contributed by atoms with van der Waals surface area (Å²) in [6.07, 6.45) is 2.86. The molecule has 2 rings (SSSR count). The Balaban J connectivity index is 1.95. The van der Waals surface area contributed by atoms with Gasteiger partial charge in [0, 0.05) is 36.7 Å². The Morgan fingerprint density at radius 2 is 1.76 bits per heavy atom. The van der Waals surface area contributed by atoms with E-state index >= 15 is 0 Å². The lowest BCUT2D eigenvalue weighted by atomic mass is 9.98. The SMILES string of the molecule is CNCC1CCN(S(=O)(=O)N2CCSC(C)(C)CC2)CC1. The zero-order valence-corrected chi connectivity index (χ0v) is 15.1. The first-order valence-electron chi connectivity index (χ1n) is 7.89. The van der Waals surface area contributed by atoms with Gasteiger partial charge in [-0.25, -0.2) is 0 Å². The molecule has 124 valence electrons. The molecule has 2 fully saturated rings. The minimum Gasteiger partial charge on any atom is -0.319 e. The summed E-state index contributed by atoms with van der Waals surface area (Å²) in [5, 5.41) is 3.19. The van der Waals surface area contributed by atoms with Crippen LogP contribution in [0.15, 0.2) is 0 Å². The fraction of sp³-hybridized carbons (Fsp3) is 1.00. The van der Waals surface area contributed by atoms with Gasteiger partial charge in [0.15, 0.2) is 0 Å². The van der Waals surface area contributed by atoms with Crippen LogP contribution in [0.5, 0.6) is 0 Å². The average molecular weight is 336 g/mol. The van der Waals surface area contributed by atoms with E-state index in [2.05, 4.69) is 19.2 Å². The number of piperidine rings is 1. The van der Waals surface area contributed by atoms with Crippen LogP contribution in [0, 0.1) is 5.92 Å². The summed E-state index contributed by atoms with van der Waals surface area (Å²) in [7, 11) is -1.31. The van der Waals surface area contributed by atoms with Crippen LogP contribution in [0.25, 0.3) is 0 Å². The lowest BCUT2D eigenvalue weighted by Gasteiger charge is -2.34. The molecule has 0 saturated carbocycles. The lowest BCUT2D eigenvalue weighted by Crippen LogP contribution is -2.48. The van der Waals surface area contributed by atoms with E-state index < -0.39 is 10.2 Å². The van der Waals surface area contributed by atoms with Gasteiger partial charge in [0.1, 0.15) is 0 Å². The lowest BCUT2D eigenvalue weighted by molar-refractivity contribution is 0.252. The Morgan fingerprint density at radius 1 is 1.14 bits per heavy atom. The largest absolute Gasteiger partial charge is 0.319 e. The molecule has 0 aromatic heterocycles. The molecule has 0 radical (unpaired) electrons. The second kappa shape index (κ2) is 7.17. The topological polar surface area (TPSA) is 52.7 Å². The fourth-order valence-corrected chi connectivity index (χ4v) is 5.89. The smallest absolute Gasteiger partial charge is 0.282 e. The van der Waals surface area contributed by atoms with Crippen molar-refractivity contribution in [3.05, 3.63) is 0 Å². The van der Waals surface area contributed by atoms with Crippen molar-refractivity contribution in [2.45, 2.75) is 37.9 Å². The zero-order valence-electron chi connectivity index (χ0n) is 13.5. The van der Waals surface area contributed by atoms with Crippen molar-refractivity contribution in [3.8, 4) is 0 Å². The first kappa shape index (κ1) is 17.5. The van der Waals surface area contributed by atoms with Crippen LogP contribution in [0.4, 0.5) is 0 Å². The van der Waals surface area contributed by atoms with Gasteiger partial charge >= 0.3 is 0 Å². The van der Waals surface area contributed by atoms with Gasteiger partial charge in [0.2, 0.25) is 0 Å². The molecule has 0 amide bonds. The standard InChI is InChI=1S/C14H29N3O2S2/c1-14(2)6-9-17(10-11-20-14)21(18,19)16-7-4-13(5-8-16)12-15-3/h13,15H,4-12H2,1-3H3. The highest BCUT2D eigenvalue weighted by atomic mass is 32.2. The van der Waals surface area contributed by atoms with Crippen LogP contribution in [0.2, 0.25) is 0 Å². The predicted octanol–water partition coefficient (Wildman–Crippen LogP) is 1.38. The molecule has 2 saturated heterocycles. The van der Waals surface area contributed by atoms with E-state index in [0.717, 1.165) is 31.6 Å². The maximum absolute atomic E-state index is 12.8. The van der Waals surface area contributed by atoms with Gasteiger partial charge in [0.05, 0.1) is 0 Å². The van der Waals surface area contributed by atoms with E-state index in [9.17, 15) is 8.42 Å². The summed E-state index contributed by atoms with van der Waals surface area (Å²) < 4.78 is 29.2. The molecule has 0 aromatic rings. The molecule has 2 aliphatic heterocycles. The average Bonchev–Trinajstić information content (AvgIpc) is 2.61. The van der Waals surface area contributed by atoms with Gasteiger partial charge in [-0.05, 0) is 38.8 Å². The number of thioether (sulfide) groups is 1. The number of hydrogen-bond acceptors (Lipinski definition) is 4. The summed E-state index contributed by atoms with van der Waals surface area (Å²) >= 11 is 1.88. The van der Waals surface area contributed by atoms with E-state index in [1.54, 1.807) is 8.61 Å². The quantitative estimate of drug-likeness (QED) is 0.843. The van der Waals surface area contributed by atoms with Crippen LogP contribution in [-0.4, -0.2) is 67.3 Å². The maximum atomic E-state index is 12.8. The Hall–Kier alpha value is 0.180. The first-order valence-corrected chi connectivity index (χ1v) is 10.3. The van der Waals surface area contributed by atoms with Gasteiger partial charge in [-0.1, -0.05) is 13.8 Å². The monoisotopic (exact) mass is 335 g/mol. The van der Waals surface area contributed by atoms with Gasteiger partial charge in [-0.3, -0.25) is 0 Å². The summed E-state index contributed by atoms with van der Waals surface area (Å²) in [6.45, 7) is 8.03. The number of rotatable bonds is 4. The minimum absolute atomic E-state index is 0.185. The van der Waals surface area contributed by atoms with Crippen molar-refractivity contribution >= 4 is 22.0 Å². The van der Waals surface area contributed by atoms with Crippen molar-refractivity contribution in [2.24, 2.45) is 5.92 Å². The molecular formula is C14H29N3O2S2. The van der Waals surface area contributed by atoms with E-state index in [1.165, 1.54) is 0 Å². The van der Waals surface area contributed by atoms with Gasteiger partial charge in [0.25, 0.3) is 10.2 Å². The van der Waals surface area contributed by atoms with Crippen molar-refractivity contribution in [1.29, 1.82) is 0 Å². The van der Waals surface area contributed by atoms with Crippen LogP contribution in [0.3, 0.4) is 0 Å². The highest BCUT2D eigenvalue weighted by Crippen LogP contribution is 2.32. The normalized spacial score (nSPS) is 26.6. The molecule has 0 unspecified atom stereocenters. The highest BCUT2D eigenvalue weighted by Gasteiger charge is 2.35. The van der Waals surface area contributed by atoms with Crippen LogP contribution >= 0.6 is 11.8 Å². The molecule has 2 aliphatic rings. The molecule has 0 bridgehead atoms. The third-order valence-corrected chi connectivity index (χ3v) is 7.92. The molecule has 0 spiro atoms. The highest BCUT2D eigenvalue weighted by molar-refractivity contribution is 8.00. The Bertz CT molecular complexity index is 432. The van der Waals surface area contributed by atoms with Crippen molar-refractivity contribution < 1.29 is 8.42 Å². The molecule has 1 N–H and O–H groups in total. The third-order valence-electron chi connectivity index (χ3n) is 4.52.